The van der Waals surface area contributed by atoms with Crippen LogP contribution >= 0.6 is 11.3 Å². The Balaban J connectivity index is 1.81. The molecule has 0 aliphatic heterocycles. The molecule has 0 unspecified atom stereocenters. The van der Waals surface area contributed by atoms with Crippen LogP contribution in [0.2, 0.25) is 0 Å². The van der Waals surface area contributed by atoms with Crippen LogP contribution in [0.3, 0.4) is 0 Å². The van der Waals surface area contributed by atoms with E-state index in [-0.39, 0.29) is 17.5 Å². The molecule has 3 N–H and O–H groups in total. The van der Waals surface area contributed by atoms with Gasteiger partial charge in [0.1, 0.15) is 0 Å². The predicted octanol–water partition coefficient (Wildman–Crippen LogP) is 3.53. The number of carbonyl (C=O) groups excluding carboxylic acids is 2. The Kier molecular flexibility index (Phi) is 5.98. The Labute approximate surface area is 146 Å². The van der Waals surface area contributed by atoms with Crippen molar-refractivity contribution < 1.29 is 9.59 Å². The highest BCUT2D eigenvalue weighted by Gasteiger charge is 2.13. The molecule has 1 aromatic carbocycles. The van der Waals surface area contributed by atoms with Crippen LogP contribution in [0.5, 0.6) is 0 Å². The van der Waals surface area contributed by atoms with E-state index in [2.05, 4.69) is 16.0 Å². The van der Waals surface area contributed by atoms with Crippen molar-refractivity contribution in [1.29, 1.82) is 0 Å². The van der Waals surface area contributed by atoms with Crippen LogP contribution in [0.25, 0.3) is 0 Å². The quantitative estimate of drug-likeness (QED) is 0.776. The van der Waals surface area contributed by atoms with Crippen LogP contribution in [0.4, 0.5) is 10.5 Å². The van der Waals surface area contributed by atoms with E-state index >= 15 is 0 Å². The summed E-state index contributed by atoms with van der Waals surface area (Å²) in [5, 5.41) is 10.5. The molecule has 0 spiro atoms. The van der Waals surface area contributed by atoms with Crippen molar-refractivity contribution in [2.75, 3.05) is 5.32 Å². The summed E-state index contributed by atoms with van der Waals surface area (Å²) in [5.41, 5.74) is 1.31. The highest BCUT2D eigenvalue weighted by molar-refractivity contribution is 7.09. The molecule has 3 amide bonds. The summed E-state index contributed by atoms with van der Waals surface area (Å²) in [4.78, 5) is 24.9. The number of hydrogen-bond donors (Lipinski definition) is 3. The molecule has 1 heterocycles. The fourth-order valence-electron chi connectivity index (χ4n) is 2.06. The number of urea groups is 1. The Morgan fingerprint density at radius 2 is 1.79 bits per heavy atom. The zero-order chi connectivity index (χ0) is 17.6. The van der Waals surface area contributed by atoms with E-state index in [1.54, 1.807) is 23.5 Å². The van der Waals surface area contributed by atoms with E-state index in [0.717, 1.165) is 10.4 Å². The second-order valence-corrected chi connectivity index (χ2v) is 7.59. The SMILES string of the molecule is CC(C)(C)NC(=O)Nc1ccc(CC(=O)NCc2cccs2)cc1. The fraction of sp³-hybridized carbons (Fsp3) is 0.333. The van der Waals surface area contributed by atoms with Crippen LogP contribution in [0, 0.1) is 0 Å². The molecule has 0 bridgehead atoms. The second kappa shape index (κ2) is 7.97. The van der Waals surface area contributed by atoms with Crippen molar-refractivity contribution in [3.8, 4) is 0 Å². The monoisotopic (exact) mass is 345 g/mol. The first-order valence-electron chi connectivity index (χ1n) is 7.79. The van der Waals surface area contributed by atoms with Crippen LogP contribution in [0.15, 0.2) is 41.8 Å². The van der Waals surface area contributed by atoms with Gasteiger partial charge in [0, 0.05) is 16.1 Å². The fourth-order valence-corrected chi connectivity index (χ4v) is 2.70. The van der Waals surface area contributed by atoms with Gasteiger partial charge in [0.15, 0.2) is 0 Å². The lowest BCUT2D eigenvalue weighted by Crippen LogP contribution is -2.43. The van der Waals surface area contributed by atoms with Crippen molar-refractivity contribution in [2.45, 2.75) is 39.3 Å². The minimum atomic E-state index is -0.287. The molecule has 0 aliphatic carbocycles. The molecule has 2 rings (SSSR count). The molecular formula is C18H23N3O2S. The van der Waals surface area contributed by atoms with E-state index in [1.165, 1.54) is 0 Å². The highest BCUT2D eigenvalue weighted by atomic mass is 32.1. The molecule has 24 heavy (non-hydrogen) atoms. The van der Waals surface area contributed by atoms with Crippen LogP contribution in [-0.2, 0) is 17.8 Å². The average molecular weight is 345 g/mol. The van der Waals surface area contributed by atoms with Gasteiger partial charge in [0.05, 0.1) is 13.0 Å². The van der Waals surface area contributed by atoms with Gasteiger partial charge in [-0.3, -0.25) is 4.79 Å². The third-order valence-electron chi connectivity index (χ3n) is 3.10. The largest absolute Gasteiger partial charge is 0.351 e. The van der Waals surface area contributed by atoms with Gasteiger partial charge < -0.3 is 16.0 Å². The predicted molar refractivity (Wildman–Crippen MR) is 98.2 cm³/mol. The Bertz CT molecular complexity index is 673. The highest BCUT2D eigenvalue weighted by Crippen LogP contribution is 2.11. The third-order valence-corrected chi connectivity index (χ3v) is 3.98. The zero-order valence-corrected chi connectivity index (χ0v) is 15.0. The summed E-state index contributed by atoms with van der Waals surface area (Å²) >= 11 is 1.62. The smallest absolute Gasteiger partial charge is 0.319 e. The maximum absolute atomic E-state index is 11.9. The summed E-state index contributed by atoms with van der Waals surface area (Å²) in [6.07, 6.45) is 0.319. The van der Waals surface area contributed by atoms with Gasteiger partial charge in [-0.15, -0.1) is 11.3 Å². The molecule has 6 heteroatoms. The third kappa shape index (κ3) is 6.42. The van der Waals surface area contributed by atoms with E-state index in [1.807, 2.05) is 50.4 Å². The molecule has 128 valence electrons. The lowest BCUT2D eigenvalue weighted by molar-refractivity contribution is -0.120. The van der Waals surface area contributed by atoms with Gasteiger partial charge in [-0.25, -0.2) is 4.79 Å². The number of rotatable bonds is 5. The molecular weight excluding hydrogens is 322 g/mol. The maximum atomic E-state index is 11.9. The lowest BCUT2D eigenvalue weighted by atomic mass is 10.1. The van der Waals surface area contributed by atoms with E-state index in [9.17, 15) is 9.59 Å². The van der Waals surface area contributed by atoms with Crippen molar-refractivity contribution in [2.24, 2.45) is 0 Å². The number of anilines is 1. The standard InChI is InChI=1S/C18H23N3O2S/c1-18(2,3)21-17(23)20-14-8-6-13(7-9-14)11-16(22)19-12-15-5-4-10-24-15/h4-10H,11-12H2,1-3H3,(H,19,22)(H2,20,21,23). The molecule has 1 aromatic heterocycles. The van der Waals surface area contributed by atoms with Crippen molar-refractivity contribution in [1.82, 2.24) is 10.6 Å². The van der Waals surface area contributed by atoms with Gasteiger partial charge in [0.2, 0.25) is 5.91 Å². The number of hydrogen-bond acceptors (Lipinski definition) is 3. The first-order chi connectivity index (χ1) is 11.3. The molecule has 0 saturated heterocycles. The molecule has 0 aliphatic rings. The minimum absolute atomic E-state index is 0.0189. The number of thiophene rings is 1. The summed E-state index contributed by atoms with van der Waals surface area (Å²) in [5.74, 6) is -0.0189. The van der Waals surface area contributed by atoms with Crippen molar-refractivity contribution in [3.05, 3.63) is 52.2 Å². The topological polar surface area (TPSA) is 70.2 Å². The lowest BCUT2D eigenvalue weighted by Gasteiger charge is -2.20. The number of nitrogens with one attached hydrogen (secondary N) is 3. The summed E-state index contributed by atoms with van der Waals surface area (Å²) < 4.78 is 0. The number of carbonyl (C=O) groups is 2. The maximum Gasteiger partial charge on any atom is 0.319 e. The summed E-state index contributed by atoms with van der Waals surface area (Å²) in [6.45, 7) is 6.32. The minimum Gasteiger partial charge on any atom is -0.351 e. The van der Waals surface area contributed by atoms with Gasteiger partial charge in [-0.2, -0.15) is 0 Å². The molecule has 0 fully saturated rings. The first kappa shape index (κ1) is 18.0. The second-order valence-electron chi connectivity index (χ2n) is 6.56. The molecule has 0 radical (unpaired) electrons. The van der Waals surface area contributed by atoms with Gasteiger partial charge >= 0.3 is 6.03 Å². The van der Waals surface area contributed by atoms with Gasteiger partial charge in [-0.1, -0.05) is 18.2 Å². The van der Waals surface area contributed by atoms with E-state index < -0.39 is 0 Å². The van der Waals surface area contributed by atoms with Crippen LogP contribution in [-0.4, -0.2) is 17.5 Å². The van der Waals surface area contributed by atoms with Crippen molar-refractivity contribution in [3.63, 3.8) is 0 Å². The zero-order valence-electron chi connectivity index (χ0n) is 14.2. The molecule has 0 atom stereocenters. The van der Waals surface area contributed by atoms with Gasteiger partial charge in [0.25, 0.3) is 0 Å². The van der Waals surface area contributed by atoms with Crippen LogP contribution < -0.4 is 16.0 Å². The Morgan fingerprint density at radius 1 is 1.08 bits per heavy atom. The molecule has 5 nitrogen and oxygen atoms in total. The van der Waals surface area contributed by atoms with E-state index in [0.29, 0.717) is 18.7 Å². The molecule has 2 aromatic rings. The summed E-state index contributed by atoms with van der Waals surface area (Å²) in [6, 6.07) is 11.0. The van der Waals surface area contributed by atoms with Crippen LogP contribution in [0.1, 0.15) is 31.2 Å². The summed E-state index contributed by atoms with van der Waals surface area (Å²) in [7, 11) is 0. The average Bonchev–Trinajstić information content (AvgIpc) is 2.98. The Hall–Kier alpha value is -2.34. The number of amides is 3. The normalized spacial score (nSPS) is 11.0. The van der Waals surface area contributed by atoms with Crippen molar-refractivity contribution >= 4 is 29.0 Å². The molecule has 0 saturated carbocycles. The number of benzene rings is 1. The van der Waals surface area contributed by atoms with Gasteiger partial charge in [-0.05, 0) is 49.9 Å². The Morgan fingerprint density at radius 3 is 2.38 bits per heavy atom. The van der Waals surface area contributed by atoms with E-state index in [4.69, 9.17) is 0 Å². The first-order valence-corrected chi connectivity index (χ1v) is 8.67.